The number of aliphatic carboxylic acids is 2. The molecule has 0 aromatic heterocycles. The molecule has 6 nitrogen and oxygen atoms in total. The lowest BCUT2D eigenvalue weighted by Crippen LogP contribution is -2.18. The predicted molar refractivity (Wildman–Crippen MR) is 45.5 cm³/mol. The van der Waals surface area contributed by atoms with Gasteiger partial charge in [0.15, 0.2) is 5.11 Å². The molecule has 0 saturated carbocycles. The summed E-state index contributed by atoms with van der Waals surface area (Å²) in [5, 5.41) is 15.8. The van der Waals surface area contributed by atoms with Crippen LogP contribution in [0, 0.1) is 0 Å². The third-order valence-electron chi connectivity index (χ3n) is 0.553. The lowest BCUT2D eigenvalue weighted by atomic mass is 10.3. The Kier molecular flexibility index (Phi) is 8.53. The van der Waals surface area contributed by atoms with Crippen LogP contribution in [0.15, 0.2) is 0 Å². The SMILES string of the molecule is NC(N)=S.O=C(O)CCC(=O)O. The second-order valence-electron chi connectivity index (χ2n) is 1.69. The van der Waals surface area contributed by atoms with Gasteiger partial charge in [0, 0.05) is 0 Å². The highest BCUT2D eigenvalue weighted by atomic mass is 32.1. The van der Waals surface area contributed by atoms with E-state index in [0.29, 0.717) is 0 Å². The molecular formula is C5H10N2O4S. The van der Waals surface area contributed by atoms with Crippen molar-refractivity contribution < 1.29 is 19.8 Å². The Morgan fingerprint density at radius 3 is 1.33 bits per heavy atom. The highest BCUT2D eigenvalue weighted by Gasteiger charge is 2.00. The lowest BCUT2D eigenvalue weighted by Gasteiger charge is -1.85. The molecule has 0 heterocycles. The zero-order valence-corrected chi connectivity index (χ0v) is 7.00. The van der Waals surface area contributed by atoms with Crippen LogP contribution in [0.5, 0.6) is 0 Å². The molecule has 0 unspecified atom stereocenters. The van der Waals surface area contributed by atoms with Crippen LogP contribution >= 0.6 is 12.2 Å². The number of nitrogens with two attached hydrogens (primary N) is 2. The Bertz CT molecular complexity index is 164. The van der Waals surface area contributed by atoms with E-state index in [0.717, 1.165) is 0 Å². The largest absolute Gasteiger partial charge is 0.481 e. The molecular weight excluding hydrogens is 184 g/mol. The van der Waals surface area contributed by atoms with Gasteiger partial charge in [0.1, 0.15) is 0 Å². The summed E-state index contributed by atoms with van der Waals surface area (Å²) in [5.74, 6) is -2.15. The number of carboxylic acid groups (broad SMARTS) is 2. The molecule has 0 aliphatic heterocycles. The van der Waals surface area contributed by atoms with Crippen LogP contribution in [0.4, 0.5) is 0 Å². The van der Waals surface area contributed by atoms with Gasteiger partial charge in [-0.2, -0.15) is 0 Å². The number of carbonyl (C=O) groups is 2. The smallest absolute Gasteiger partial charge is 0.303 e. The van der Waals surface area contributed by atoms with Gasteiger partial charge in [-0.25, -0.2) is 0 Å². The fourth-order valence-corrected chi connectivity index (χ4v) is 0.214. The average molecular weight is 194 g/mol. The van der Waals surface area contributed by atoms with Crippen LogP contribution in [0.2, 0.25) is 0 Å². The first-order chi connectivity index (χ1) is 5.36. The van der Waals surface area contributed by atoms with Crippen LogP contribution in [-0.4, -0.2) is 27.3 Å². The van der Waals surface area contributed by atoms with Crippen LogP contribution < -0.4 is 11.5 Å². The van der Waals surface area contributed by atoms with Gasteiger partial charge in [0.2, 0.25) is 0 Å². The van der Waals surface area contributed by atoms with E-state index >= 15 is 0 Å². The zero-order valence-electron chi connectivity index (χ0n) is 6.19. The molecule has 0 saturated heterocycles. The minimum absolute atomic E-state index is 0.000000000000000222. The van der Waals surface area contributed by atoms with Crippen LogP contribution in [-0.2, 0) is 9.59 Å². The highest BCUT2D eigenvalue weighted by Crippen LogP contribution is 1.86. The van der Waals surface area contributed by atoms with Gasteiger partial charge in [0.25, 0.3) is 0 Å². The maximum absolute atomic E-state index is 9.64. The maximum atomic E-state index is 9.64. The minimum Gasteiger partial charge on any atom is -0.481 e. The summed E-state index contributed by atoms with van der Waals surface area (Å²) < 4.78 is 0. The van der Waals surface area contributed by atoms with Gasteiger partial charge in [-0.05, 0) is 12.2 Å². The van der Waals surface area contributed by atoms with Crippen molar-refractivity contribution in [3.8, 4) is 0 Å². The minimum atomic E-state index is -1.08. The summed E-state index contributed by atoms with van der Waals surface area (Å²) in [6.45, 7) is 0. The first-order valence-corrected chi connectivity index (χ1v) is 3.25. The van der Waals surface area contributed by atoms with Gasteiger partial charge in [0.05, 0.1) is 12.8 Å². The first kappa shape index (κ1) is 13.2. The van der Waals surface area contributed by atoms with E-state index in [1.165, 1.54) is 0 Å². The fraction of sp³-hybridized carbons (Fsp3) is 0.400. The highest BCUT2D eigenvalue weighted by molar-refractivity contribution is 7.80. The van der Waals surface area contributed by atoms with E-state index in [-0.39, 0.29) is 18.0 Å². The molecule has 0 bridgehead atoms. The van der Waals surface area contributed by atoms with Crippen molar-refractivity contribution >= 4 is 29.3 Å². The van der Waals surface area contributed by atoms with Gasteiger partial charge < -0.3 is 21.7 Å². The predicted octanol–water partition coefficient (Wildman–Crippen LogP) is -0.876. The summed E-state index contributed by atoms with van der Waals surface area (Å²) >= 11 is 4.09. The van der Waals surface area contributed by atoms with Crippen molar-refractivity contribution in [3.05, 3.63) is 0 Å². The van der Waals surface area contributed by atoms with Gasteiger partial charge in [-0.1, -0.05) is 0 Å². The standard InChI is InChI=1S/C4H6O4.CH4N2S/c5-3(6)1-2-4(7)8;2-1(3)4/h1-2H2,(H,5,6)(H,7,8);(H4,2,3,4). The van der Waals surface area contributed by atoms with Crippen LogP contribution in [0.25, 0.3) is 0 Å². The molecule has 0 amide bonds. The van der Waals surface area contributed by atoms with Crippen molar-refractivity contribution in [2.45, 2.75) is 12.8 Å². The summed E-state index contributed by atoms with van der Waals surface area (Å²) in [6.07, 6.45) is -0.593. The molecule has 0 atom stereocenters. The topological polar surface area (TPSA) is 127 Å². The first-order valence-electron chi connectivity index (χ1n) is 2.84. The fourth-order valence-electron chi connectivity index (χ4n) is 0.214. The van der Waals surface area contributed by atoms with Gasteiger partial charge in [-0.15, -0.1) is 0 Å². The summed E-state index contributed by atoms with van der Waals surface area (Å²) in [5.41, 5.74) is 9.24. The molecule has 12 heavy (non-hydrogen) atoms. The second-order valence-corrected chi connectivity index (χ2v) is 2.16. The third kappa shape index (κ3) is 38.1. The van der Waals surface area contributed by atoms with E-state index in [1.807, 2.05) is 0 Å². The van der Waals surface area contributed by atoms with E-state index < -0.39 is 11.9 Å². The molecule has 0 fully saturated rings. The van der Waals surface area contributed by atoms with Crippen LogP contribution in [0.1, 0.15) is 12.8 Å². The summed E-state index contributed by atoms with van der Waals surface area (Å²) in [7, 11) is 0. The number of carboxylic acids is 2. The number of hydrogen-bond donors (Lipinski definition) is 4. The van der Waals surface area contributed by atoms with E-state index in [2.05, 4.69) is 23.7 Å². The van der Waals surface area contributed by atoms with Crippen molar-refractivity contribution in [2.75, 3.05) is 0 Å². The molecule has 0 spiro atoms. The quantitative estimate of drug-likeness (QED) is 0.430. The Hall–Kier alpha value is -1.37. The molecule has 0 aromatic carbocycles. The summed E-state index contributed by atoms with van der Waals surface area (Å²) in [4.78, 5) is 19.3. The monoisotopic (exact) mass is 194 g/mol. The Morgan fingerprint density at radius 1 is 1.08 bits per heavy atom. The van der Waals surface area contributed by atoms with E-state index in [9.17, 15) is 9.59 Å². The molecule has 0 rings (SSSR count). The number of thiocarbonyl (C=S) groups is 1. The Labute approximate surface area is 74.2 Å². The molecule has 7 heteroatoms. The Balaban J connectivity index is 0. The zero-order chi connectivity index (χ0) is 10.1. The number of hydrogen-bond acceptors (Lipinski definition) is 3. The normalized spacial score (nSPS) is 7.67. The molecule has 0 aromatic rings. The molecule has 0 radical (unpaired) electrons. The van der Waals surface area contributed by atoms with Crippen molar-refractivity contribution in [3.63, 3.8) is 0 Å². The molecule has 70 valence electrons. The average Bonchev–Trinajstić information content (AvgIpc) is 1.82. The van der Waals surface area contributed by atoms with Gasteiger partial charge in [-0.3, -0.25) is 9.59 Å². The summed E-state index contributed by atoms with van der Waals surface area (Å²) in [6, 6.07) is 0. The van der Waals surface area contributed by atoms with E-state index in [4.69, 9.17) is 10.2 Å². The van der Waals surface area contributed by atoms with E-state index in [1.54, 1.807) is 0 Å². The van der Waals surface area contributed by atoms with Gasteiger partial charge >= 0.3 is 11.9 Å². The lowest BCUT2D eigenvalue weighted by molar-refractivity contribution is -0.143. The van der Waals surface area contributed by atoms with Crippen molar-refractivity contribution in [1.29, 1.82) is 0 Å². The van der Waals surface area contributed by atoms with Crippen LogP contribution in [0.3, 0.4) is 0 Å². The van der Waals surface area contributed by atoms with Crippen molar-refractivity contribution in [1.82, 2.24) is 0 Å². The second kappa shape index (κ2) is 7.73. The maximum Gasteiger partial charge on any atom is 0.303 e. The molecule has 0 aliphatic carbocycles. The number of rotatable bonds is 3. The Morgan fingerprint density at radius 2 is 1.25 bits per heavy atom. The molecule has 6 N–H and O–H groups in total. The molecule has 0 aliphatic rings. The van der Waals surface area contributed by atoms with Crippen molar-refractivity contribution in [2.24, 2.45) is 11.5 Å². The third-order valence-corrected chi connectivity index (χ3v) is 0.553.